The standard InChI is InChI=1S/C11H19NO3/c1-2-9-7-11(10(13)14,5-6-15-9)12-8-3-4-8/h8-9,12H,2-7H2,1H3,(H,13,14). The van der Waals surface area contributed by atoms with Crippen LogP contribution in [-0.4, -0.2) is 35.4 Å². The lowest BCUT2D eigenvalue weighted by Crippen LogP contribution is -2.58. The summed E-state index contributed by atoms with van der Waals surface area (Å²) in [6.07, 6.45) is 4.42. The van der Waals surface area contributed by atoms with Gasteiger partial charge in [0, 0.05) is 19.1 Å². The largest absolute Gasteiger partial charge is 0.480 e. The monoisotopic (exact) mass is 213 g/mol. The Morgan fingerprint density at radius 3 is 2.87 bits per heavy atom. The molecule has 1 aliphatic carbocycles. The van der Waals surface area contributed by atoms with Crippen LogP contribution in [0.2, 0.25) is 0 Å². The molecule has 1 saturated carbocycles. The number of aliphatic carboxylic acids is 1. The molecule has 1 saturated heterocycles. The summed E-state index contributed by atoms with van der Waals surface area (Å²) in [6, 6.07) is 0.428. The van der Waals surface area contributed by atoms with Gasteiger partial charge in [0.25, 0.3) is 0 Å². The van der Waals surface area contributed by atoms with E-state index in [9.17, 15) is 9.90 Å². The minimum atomic E-state index is -0.722. The van der Waals surface area contributed by atoms with Crippen LogP contribution in [0.15, 0.2) is 0 Å². The molecular formula is C11H19NO3. The fraction of sp³-hybridized carbons (Fsp3) is 0.909. The summed E-state index contributed by atoms with van der Waals surface area (Å²) in [5.74, 6) is -0.712. The van der Waals surface area contributed by atoms with Gasteiger partial charge in [0.15, 0.2) is 0 Å². The van der Waals surface area contributed by atoms with Crippen LogP contribution in [0.3, 0.4) is 0 Å². The topological polar surface area (TPSA) is 58.6 Å². The van der Waals surface area contributed by atoms with Crippen molar-refractivity contribution < 1.29 is 14.6 Å². The first-order chi connectivity index (χ1) is 7.16. The molecule has 2 atom stereocenters. The van der Waals surface area contributed by atoms with Crippen molar-refractivity contribution in [1.29, 1.82) is 0 Å². The van der Waals surface area contributed by atoms with Crippen LogP contribution >= 0.6 is 0 Å². The van der Waals surface area contributed by atoms with Gasteiger partial charge in [-0.1, -0.05) is 6.92 Å². The Hall–Kier alpha value is -0.610. The number of nitrogens with one attached hydrogen (secondary N) is 1. The third-order valence-corrected chi connectivity index (χ3v) is 3.38. The van der Waals surface area contributed by atoms with E-state index < -0.39 is 11.5 Å². The Bertz CT molecular complexity index is 252. The van der Waals surface area contributed by atoms with Gasteiger partial charge >= 0.3 is 5.97 Å². The normalized spacial score (nSPS) is 36.5. The van der Waals surface area contributed by atoms with Gasteiger partial charge in [-0.25, -0.2) is 0 Å². The highest BCUT2D eigenvalue weighted by molar-refractivity contribution is 5.79. The maximum atomic E-state index is 11.4. The van der Waals surface area contributed by atoms with Gasteiger partial charge in [-0.2, -0.15) is 0 Å². The van der Waals surface area contributed by atoms with Crippen LogP contribution in [0.25, 0.3) is 0 Å². The van der Waals surface area contributed by atoms with Gasteiger partial charge in [0.05, 0.1) is 6.10 Å². The smallest absolute Gasteiger partial charge is 0.324 e. The third-order valence-electron chi connectivity index (χ3n) is 3.38. The van der Waals surface area contributed by atoms with Gasteiger partial charge < -0.3 is 9.84 Å². The van der Waals surface area contributed by atoms with E-state index in [1.807, 2.05) is 6.92 Å². The van der Waals surface area contributed by atoms with Crippen molar-refractivity contribution in [3.05, 3.63) is 0 Å². The van der Waals surface area contributed by atoms with Crippen LogP contribution in [0.1, 0.15) is 39.0 Å². The van der Waals surface area contributed by atoms with Gasteiger partial charge in [-0.15, -0.1) is 0 Å². The summed E-state index contributed by atoms with van der Waals surface area (Å²) in [5, 5.41) is 12.7. The van der Waals surface area contributed by atoms with E-state index in [0.717, 1.165) is 19.3 Å². The maximum Gasteiger partial charge on any atom is 0.324 e. The molecule has 2 rings (SSSR count). The second-order valence-corrected chi connectivity index (χ2v) is 4.66. The second kappa shape index (κ2) is 4.10. The summed E-state index contributed by atoms with van der Waals surface area (Å²) in [4.78, 5) is 11.4. The quantitative estimate of drug-likeness (QED) is 0.735. The molecule has 0 aromatic heterocycles. The summed E-state index contributed by atoms with van der Waals surface area (Å²) in [5.41, 5.74) is -0.722. The molecule has 0 aromatic rings. The van der Waals surface area contributed by atoms with Gasteiger partial charge in [-0.3, -0.25) is 10.1 Å². The van der Waals surface area contributed by atoms with Crippen molar-refractivity contribution >= 4 is 5.97 Å². The van der Waals surface area contributed by atoms with E-state index in [1.54, 1.807) is 0 Å². The van der Waals surface area contributed by atoms with Crippen LogP contribution < -0.4 is 5.32 Å². The number of hydrogen-bond acceptors (Lipinski definition) is 3. The number of carbonyl (C=O) groups is 1. The Morgan fingerprint density at radius 2 is 2.33 bits per heavy atom. The summed E-state index contributed by atoms with van der Waals surface area (Å²) < 4.78 is 5.53. The van der Waals surface area contributed by atoms with Gasteiger partial charge in [0.1, 0.15) is 5.54 Å². The zero-order valence-corrected chi connectivity index (χ0v) is 9.16. The number of carboxylic acids is 1. The Morgan fingerprint density at radius 1 is 1.60 bits per heavy atom. The predicted octanol–water partition coefficient (Wildman–Crippen LogP) is 1.15. The van der Waals surface area contributed by atoms with E-state index in [4.69, 9.17) is 4.74 Å². The Labute approximate surface area is 90.0 Å². The summed E-state index contributed by atoms with van der Waals surface area (Å²) >= 11 is 0. The molecule has 2 N–H and O–H groups in total. The lowest BCUT2D eigenvalue weighted by molar-refractivity contribution is -0.152. The van der Waals surface area contributed by atoms with Crippen molar-refractivity contribution in [2.24, 2.45) is 0 Å². The van der Waals surface area contributed by atoms with Crippen LogP contribution in [0.5, 0.6) is 0 Å². The van der Waals surface area contributed by atoms with Crippen LogP contribution in [-0.2, 0) is 9.53 Å². The summed E-state index contributed by atoms with van der Waals surface area (Å²) in [6.45, 7) is 2.60. The predicted molar refractivity (Wildman–Crippen MR) is 55.8 cm³/mol. The average molecular weight is 213 g/mol. The first kappa shape index (κ1) is 10.9. The van der Waals surface area contributed by atoms with E-state index in [1.165, 1.54) is 0 Å². The van der Waals surface area contributed by atoms with Crippen molar-refractivity contribution in [1.82, 2.24) is 5.32 Å². The molecule has 0 spiro atoms. The molecule has 0 aromatic carbocycles. The molecule has 15 heavy (non-hydrogen) atoms. The molecule has 86 valence electrons. The molecule has 0 amide bonds. The van der Waals surface area contributed by atoms with E-state index >= 15 is 0 Å². The third kappa shape index (κ3) is 2.32. The molecule has 4 nitrogen and oxygen atoms in total. The molecule has 1 heterocycles. The van der Waals surface area contributed by atoms with Gasteiger partial charge in [-0.05, 0) is 25.7 Å². The zero-order valence-electron chi connectivity index (χ0n) is 9.16. The van der Waals surface area contributed by atoms with Crippen molar-refractivity contribution in [2.45, 2.75) is 56.7 Å². The maximum absolute atomic E-state index is 11.4. The highest BCUT2D eigenvalue weighted by Gasteiger charge is 2.46. The van der Waals surface area contributed by atoms with Crippen molar-refractivity contribution in [3.63, 3.8) is 0 Å². The van der Waals surface area contributed by atoms with E-state index in [2.05, 4.69) is 5.32 Å². The zero-order chi connectivity index (χ0) is 10.9. The number of hydrogen-bond donors (Lipinski definition) is 2. The average Bonchev–Trinajstić information content (AvgIpc) is 3.01. The summed E-state index contributed by atoms with van der Waals surface area (Å²) in [7, 11) is 0. The SMILES string of the molecule is CCC1CC(NC2CC2)(C(=O)O)CCO1. The minimum absolute atomic E-state index is 0.0982. The van der Waals surface area contributed by atoms with Crippen molar-refractivity contribution in [3.8, 4) is 0 Å². The molecule has 2 aliphatic rings. The Balaban J connectivity index is 2.05. The molecular weight excluding hydrogens is 194 g/mol. The van der Waals surface area contributed by atoms with E-state index in [0.29, 0.717) is 25.5 Å². The molecule has 1 aliphatic heterocycles. The lowest BCUT2D eigenvalue weighted by Gasteiger charge is -2.38. The lowest BCUT2D eigenvalue weighted by atomic mass is 9.85. The molecule has 0 radical (unpaired) electrons. The molecule has 2 fully saturated rings. The fourth-order valence-corrected chi connectivity index (χ4v) is 2.22. The van der Waals surface area contributed by atoms with Crippen LogP contribution in [0.4, 0.5) is 0 Å². The molecule has 0 bridgehead atoms. The van der Waals surface area contributed by atoms with Crippen LogP contribution in [0, 0.1) is 0 Å². The highest BCUT2D eigenvalue weighted by atomic mass is 16.5. The van der Waals surface area contributed by atoms with Gasteiger partial charge in [0.2, 0.25) is 0 Å². The van der Waals surface area contributed by atoms with Crippen molar-refractivity contribution in [2.75, 3.05) is 6.61 Å². The molecule has 2 unspecified atom stereocenters. The first-order valence-electron chi connectivity index (χ1n) is 5.79. The number of rotatable bonds is 4. The van der Waals surface area contributed by atoms with E-state index in [-0.39, 0.29) is 6.10 Å². The minimum Gasteiger partial charge on any atom is -0.480 e. The number of ether oxygens (including phenoxy) is 1. The first-order valence-corrected chi connectivity index (χ1v) is 5.79. The second-order valence-electron chi connectivity index (χ2n) is 4.66. The number of carboxylic acid groups (broad SMARTS) is 1. The molecule has 4 heteroatoms. The highest BCUT2D eigenvalue weighted by Crippen LogP contribution is 2.31. The Kier molecular flexibility index (Phi) is 2.98. The fourth-order valence-electron chi connectivity index (χ4n) is 2.22.